The average molecular weight is 431 g/mol. The summed E-state index contributed by atoms with van der Waals surface area (Å²) in [6.07, 6.45) is 0. The summed E-state index contributed by atoms with van der Waals surface area (Å²) >= 11 is 0. The molecular formula is C21H19F2N3O3S. The summed E-state index contributed by atoms with van der Waals surface area (Å²) in [6.45, 7) is 3.49. The summed E-state index contributed by atoms with van der Waals surface area (Å²) in [4.78, 5) is 4.08. The molecule has 0 saturated carbocycles. The number of benzene rings is 2. The molecule has 4 rings (SSSR count). The van der Waals surface area contributed by atoms with E-state index < -0.39 is 27.6 Å². The smallest absolute Gasteiger partial charge is 0.266 e. The lowest BCUT2D eigenvalue weighted by atomic mass is 9.91. The Bertz CT molecular complexity index is 1250. The van der Waals surface area contributed by atoms with Gasteiger partial charge in [0.25, 0.3) is 10.0 Å². The second kappa shape index (κ2) is 7.56. The van der Waals surface area contributed by atoms with E-state index in [1.807, 2.05) is 0 Å². The first kappa shape index (κ1) is 20.1. The Labute approximate surface area is 172 Å². The number of sulfonamides is 1. The Morgan fingerprint density at radius 1 is 1.07 bits per heavy atom. The number of furan rings is 1. The standard InChI is InChI=1S/C21H19F2N3O3S/c1-12-7-8-14(29-12)11-24-21-25-20-18(30(27,28)26-21)10-9-17(23)19(20)13(2)15-5-3-4-6-16(15)22/h3-10,13H,11H2,1-2H3,(H2,24,25,26). The SMILES string of the molecule is Cc1ccc(CN=C2Nc3c(ccc(F)c3C(C)c3ccccc3F)S(=O)(=O)N2)o1. The lowest BCUT2D eigenvalue weighted by Gasteiger charge is -2.26. The van der Waals surface area contributed by atoms with Crippen LogP contribution in [-0.2, 0) is 16.6 Å². The average Bonchev–Trinajstić information content (AvgIpc) is 3.11. The zero-order valence-electron chi connectivity index (χ0n) is 16.2. The van der Waals surface area contributed by atoms with Gasteiger partial charge in [-0.3, -0.25) is 0 Å². The van der Waals surface area contributed by atoms with E-state index >= 15 is 0 Å². The van der Waals surface area contributed by atoms with Crippen LogP contribution >= 0.6 is 0 Å². The molecule has 0 amide bonds. The summed E-state index contributed by atoms with van der Waals surface area (Å²) < 4.78 is 62.4. The van der Waals surface area contributed by atoms with Gasteiger partial charge in [0.2, 0.25) is 5.96 Å². The van der Waals surface area contributed by atoms with Crippen molar-refractivity contribution in [2.75, 3.05) is 5.32 Å². The number of aryl methyl sites for hydroxylation is 1. The number of nitrogens with one attached hydrogen (secondary N) is 2. The first-order valence-electron chi connectivity index (χ1n) is 9.22. The molecule has 3 aromatic rings. The van der Waals surface area contributed by atoms with Gasteiger partial charge in [-0.2, -0.15) is 0 Å². The molecule has 1 aromatic heterocycles. The molecule has 1 aliphatic rings. The molecule has 1 unspecified atom stereocenters. The van der Waals surface area contributed by atoms with Gasteiger partial charge in [-0.05, 0) is 42.8 Å². The molecular weight excluding hydrogens is 412 g/mol. The van der Waals surface area contributed by atoms with Gasteiger partial charge in [0.1, 0.15) is 34.6 Å². The Morgan fingerprint density at radius 2 is 1.83 bits per heavy atom. The minimum Gasteiger partial charge on any atom is -0.464 e. The van der Waals surface area contributed by atoms with Crippen molar-refractivity contribution in [2.45, 2.75) is 31.2 Å². The summed E-state index contributed by atoms with van der Waals surface area (Å²) in [5.74, 6) is -0.696. The third kappa shape index (κ3) is 3.68. The lowest BCUT2D eigenvalue weighted by molar-refractivity contribution is 0.486. The molecule has 0 aliphatic carbocycles. The van der Waals surface area contributed by atoms with Crippen LogP contribution in [-0.4, -0.2) is 14.4 Å². The van der Waals surface area contributed by atoms with E-state index in [-0.39, 0.29) is 34.2 Å². The Kier molecular flexibility index (Phi) is 5.07. The van der Waals surface area contributed by atoms with Gasteiger partial charge in [-0.25, -0.2) is 26.9 Å². The fourth-order valence-electron chi connectivity index (χ4n) is 3.46. The van der Waals surface area contributed by atoms with Crippen molar-refractivity contribution in [1.29, 1.82) is 0 Å². The summed E-state index contributed by atoms with van der Waals surface area (Å²) in [5.41, 5.74) is 0.343. The van der Waals surface area contributed by atoms with Gasteiger partial charge in [-0.1, -0.05) is 25.1 Å². The monoisotopic (exact) mass is 431 g/mol. The fraction of sp³-hybridized carbons (Fsp3) is 0.190. The molecule has 2 N–H and O–H groups in total. The third-order valence-corrected chi connectivity index (χ3v) is 6.29. The van der Waals surface area contributed by atoms with E-state index in [4.69, 9.17) is 4.42 Å². The second-order valence-electron chi connectivity index (χ2n) is 6.99. The largest absolute Gasteiger partial charge is 0.464 e. The van der Waals surface area contributed by atoms with Crippen LogP contribution in [0.3, 0.4) is 0 Å². The number of hydrogen-bond donors (Lipinski definition) is 2. The minimum atomic E-state index is -3.99. The molecule has 0 spiro atoms. The molecule has 6 nitrogen and oxygen atoms in total. The van der Waals surface area contributed by atoms with Gasteiger partial charge in [0, 0.05) is 11.5 Å². The van der Waals surface area contributed by atoms with Crippen LogP contribution in [0.5, 0.6) is 0 Å². The normalized spacial score (nSPS) is 17.1. The minimum absolute atomic E-state index is 0.0406. The van der Waals surface area contributed by atoms with E-state index in [2.05, 4.69) is 15.0 Å². The Morgan fingerprint density at radius 3 is 2.53 bits per heavy atom. The lowest BCUT2D eigenvalue weighted by Crippen LogP contribution is -2.41. The number of halogens is 2. The highest BCUT2D eigenvalue weighted by atomic mass is 32.2. The van der Waals surface area contributed by atoms with Crippen LogP contribution in [0.1, 0.15) is 35.5 Å². The molecule has 156 valence electrons. The number of aliphatic imine (C=N–C) groups is 1. The van der Waals surface area contributed by atoms with E-state index in [9.17, 15) is 17.2 Å². The number of anilines is 1. The van der Waals surface area contributed by atoms with Gasteiger partial charge in [0.05, 0.1) is 5.69 Å². The molecule has 0 radical (unpaired) electrons. The first-order valence-corrected chi connectivity index (χ1v) is 10.7. The van der Waals surface area contributed by atoms with Crippen molar-refractivity contribution in [3.63, 3.8) is 0 Å². The van der Waals surface area contributed by atoms with Crippen LogP contribution in [0.2, 0.25) is 0 Å². The van der Waals surface area contributed by atoms with Gasteiger partial charge in [0.15, 0.2) is 0 Å². The van der Waals surface area contributed by atoms with Crippen LogP contribution in [0.25, 0.3) is 0 Å². The fourth-order valence-corrected chi connectivity index (χ4v) is 4.61. The van der Waals surface area contributed by atoms with Gasteiger partial charge in [-0.15, -0.1) is 0 Å². The van der Waals surface area contributed by atoms with Crippen molar-refractivity contribution < 1.29 is 21.6 Å². The van der Waals surface area contributed by atoms with E-state index in [0.29, 0.717) is 11.5 Å². The van der Waals surface area contributed by atoms with Crippen molar-refractivity contribution in [3.05, 3.63) is 82.8 Å². The summed E-state index contributed by atoms with van der Waals surface area (Å²) in [5, 5.41) is 2.86. The molecule has 30 heavy (non-hydrogen) atoms. The quantitative estimate of drug-likeness (QED) is 0.646. The Balaban J connectivity index is 1.78. The molecule has 2 heterocycles. The molecule has 1 atom stereocenters. The zero-order valence-corrected chi connectivity index (χ0v) is 17.1. The predicted octanol–water partition coefficient (Wildman–Crippen LogP) is 4.28. The van der Waals surface area contributed by atoms with Crippen molar-refractivity contribution >= 4 is 21.7 Å². The number of rotatable bonds is 4. The van der Waals surface area contributed by atoms with Crippen molar-refractivity contribution in [3.8, 4) is 0 Å². The predicted molar refractivity (Wildman–Crippen MR) is 109 cm³/mol. The number of fused-ring (bicyclic) bond motifs is 1. The number of guanidine groups is 1. The van der Waals surface area contributed by atoms with E-state index in [0.717, 1.165) is 6.07 Å². The maximum absolute atomic E-state index is 14.8. The molecule has 9 heteroatoms. The second-order valence-corrected chi connectivity index (χ2v) is 8.64. The highest BCUT2D eigenvalue weighted by Gasteiger charge is 2.32. The van der Waals surface area contributed by atoms with Crippen LogP contribution in [0.15, 0.2) is 62.8 Å². The number of hydrogen-bond acceptors (Lipinski definition) is 4. The molecule has 0 saturated heterocycles. The third-order valence-electron chi connectivity index (χ3n) is 4.91. The highest BCUT2D eigenvalue weighted by Crippen LogP contribution is 2.38. The van der Waals surface area contributed by atoms with E-state index in [1.165, 1.54) is 18.2 Å². The van der Waals surface area contributed by atoms with Crippen molar-refractivity contribution in [1.82, 2.24) is 4.72 Å². The van der Waals surface area contributed by atoms with E-state index in [1.54, 1.807) is 38.1 Å². The Hall–Kier alpha value is -3.20. The molecule has 2 aromatic carbocycles. The van der Waals surface area contributed by atoms with Crippen molar-refractivity contribution in [2.24, 2.45) is 4.99 Å². The zero-order chi connectivity index (χ0) is 21.5. The molecule has 0 bridgehead atoms. The van der Waals surface area contributed by atoms with Gasteiger partial charge < -0.3 is 9.73 Å². The first-order chi connectivity index (χ1) is 14.3. The summed E-state index contributed by atoms with van der Waals surface area (Å²) in [6, 6.07) is 11.8. The topological polar surface area (TPSA) is 83.7 Å². The van der Waals surface area contributed by atoms with Gasteiger partial charge >= 0.3 is 0 Å². The summed E-state index contributed by atoms with van der Waals surface area (Å²) in [7, 11) is -3.99. The number of nitrogens with zero attached hydrogens (tertiary/aromatic N) is 1. The van der Waals surface area contributed by atoms with Crippen LogP contribution in [0.4, 0.5) is 14.5 Å². The van der Waals surface area contributed by atoms with Crippen LogP contribution < -0.4 is 10.0 Å². The van der Waals surface area contributed by atoms with Crippen LogP contribution in [0, 0.1) is 18.6 Å². The maximum atomic E-state index is 14.8. The molecule has 1 aliphatic heterocycles. The highest BCUT2D eigenvalue weighted by molar-refractivity contribution is 7.90. The molecule has 0 fully saturated rings. The maximum Gasteiger partial charge on any atom is 0.266 e.